The lowest BCUT2D eigenvalue weighted by Gasteiger charge is -2.24. The number of carbonyl (C=O) groups excluding carboxylic acids is 1. The third kappa shape index (κ3) is 3.62. The highest BCUT2D eigenvalue weighted by Crippen LogP contribution is 2.34. The second-order valence-corrected chi connectivity index (χ2v) is 6.22. The number of amides is 1. The number of hydrogen-bond donors (Lipinski definition) is 0. The van der Waals surface area contributed by atoms with E-state index in [9.17, 15) is 4.79 Å². The van der Waals surface area contributed by atoms with Gasteiger partial charge in [0.2, 0.25) is 5.88 Å². The number of nitrogens with zero attached hydrogens (tertiary/aromatic N) is 2. The van der Waals surface area contributed by atoms with Gasteiger partial charge < -0.3 is 14.4 Å². The predicted octanol–water partition coefficient (Wildman–Crippen LogP) is 2.50. The Hall–Kier alpha value is -1.78. The van der Waals surface area contributed by atoms with Gasteiger partial charge in [-0.25, -0.2) is 4.98 Å². The molecule has 0 radical (unpaired) electrons. The van der Waals surface area contributed by atoms with Crippen LogP contribution in [-0.4, -0.2) is 41.6 Å². The number of rotatable bonds is 4. The molecule has 2 rings (SSSR count). The molecule has 1 aliphatic rings. The average Bonchev–Trinajstić information content (AvgIpc) is 3.10. The second kappa shape index (κ2) is 5.31. The molecule has 1 saturated carbocycles. The minimum atomic E-state index is -0.424. The van der Waals surface area contributed by atoms with Crippen LogP contribution in [0.2, 0.25) is 0 Å². The molecule has 0 aliphatic heterocycles. The summed E-state index contributed by atoms with van der Waals surface area (Å²) in [6.07, 6.45) is 3.90. The zero-order valence-corrected chi connectivity index (χ0v) is 12.8. The lowest BCUT2D eigenvalue weighted by Crippen LogP contribution is -2.28. The van der Waals surface area contributed by atoms with Crippen molar-refractivity contribution < 1.29 is 14.3 Å². The Labute approximate surface area is 119 Å². The first kappa shape index (κ1) is 14.6. The summed E-state index contributed by atoms with van der Waals surface area (Å²) >= 11 is 0. The maximum absolute atomic E-state index is 12.4. The molecule has 1 aliphatic carbocycles. The second-order valence-electron chi connectivity index (χ2n) is 6.22. The number of hydrogen-bond acceptors (Lipinski definition) is 4. The fourth-order valence-corrected chi connectivity index (χ4v) is 1.68. The van der Waals surface area contributed by atoms with Crippen molar-refractivity contribution in [3.8, 4) is 11.6 Å². The highest BCUT2D eigenvalue weighted by atomic mass is 16.5. The van der Waals surface area contributed by atoms with E-state index in [-0.39, 0.29) is 12.0 Å². The highest BCUT2D eigenvalue weighted by Gasteiger charge is 2.29. The maximum atomic E-state index is 12.4. The van der Waals surface area contributed by atoms with Gasteiger partial charge in [-0.05, 0) is 39.7 Å². The van der Waals surface area contributed by atoms with Crippen LogP contribution < -0.4 is 9.47 Å². The SMILES string of the molecule is CN(C)C(=O)c1c(OC2CC2)ccnc1OC(C)(C)C. The fourth-order valence-electron chi connectivity index (χ4n) is 1.68. The molecule has 110 valence electrons. The fraction of sp³-hybridized carbons (Fsp3) is 0.600. The van der Waals surface area contributed by atoms with Gasteiger partial charge >= 0.3 is 0 Å². The summed E-state index contributed by atoms with van der Waals surface area (Å²) in [6.45, 7) is 5.77. The van der Waals surface area contributed by atoms with E-state index >= 15 is 0 Å². The van der Waals surface area contributed by atoms with Crippen LogP contribution in [-0.2, 0) is 0 Å². The third-order valence-corrected chi connectivity index (χ3v) is 2.72. The lowest BCUT2D eigenvalue weighted by atomic mass is 10.1. The molecule has 1 aromatic rings. The van der Waals surface area contributed by atoms with Crippen molar-refractivity contribution in [3.05, 3.63) is 17.8 Å². The van der Waals surface area contributed by atoms with Gasteiger partial charge in [0.25, 0.3) is 5.91 Å². The van der Waals surface area contributed by atoms with E-state index in [1.165, 1.54) is 4.90 Å². The Morgan fingerprint density at radius 3 is 2.50 bits per heavy atom. The molecule has 0 unspecified atom stereocenters. The Kier molecular flexibility index (Phi) is 3.88. The lowest BCUT2D eigenvalue weighted by molar-refractivity contribution is 0.0798. The number of ether oxygens (including phenoxy) is 2. The molecule has 20 heavy (non-hydrogen) atoms. The van der Waals surface area contributed by atoms with Gasteiger partial charge in [0.1, 0.15) is 16.9 Å². The minimum absolute atomic E-state index is 0.159. The summed E-state index contributed by atoms with van der Waals surface area (Å²) in [5.74, 6) is 0.725. The van der Waals surface area contributed by atoms with E-state index in [1.54, 1.807) is 26.4 Å². The Balaban J connectivity index is 2.40. The standard InChI is InChI=1S/C15H22N2O3/c1-15(2,3)20-13-12(14(18)17(4)5)11(8-9-16-13)19-10-6-7-10/h8-10H,6-7H2,1-5H3. The highest BCUT2D eigenvalue weighted by molar-refractivity contribution is 5.98. The number of aromatic nitrogens is 1. The molecule has 5 heteroatoms. The van der Waals surface area contributed by atoms with Crippen LogP contribution in [0, 0.1) is 0 Å². The molecule has 1 aromatic heterocycles. The van der Waals surface area contributed by atoms with E-state index in [2.05, 4.69) is 4.98 Å². The van der Waals surface area contributed by atoms with Crippen molar-refractivity contribution in [2.75, 3.05) is 14.1 Å². The molecule has 0 spiro atoms. The molecule has 0 saturated heterocycles. The van der Waals surface area contributed by atoms with Gasteiger partial charge in [0.05, 0.1) is 6.10 Å². The van der Waals surface area contributed by atoms with Crippen LogP contribution in [0.25, 0.3) is 0 Å². The molecular weight excluding hydrogens is 256 g/mol. The van der Waals surface area contributed by atoms with Crippen LogP contribution in [0.15, 0.2) is 12.3 Å². The van der Waals surface area contributed by atoms with Crippen molar-refractivity contribution in [1.29, 1.82) is 0 Å². The van der Waals surface area contributed by atoms with Crippen LogP contribution in [0.5, 0.6) is 11.6 Å². The summed E-state index contributed by atoms with van der Waals surface area (Å²) in [4.78, 5) is 18.1. The van der Waals surface area contributed by atoms with Crippen molar-refractivity contribution >= 4 is 5.91 Å². The van der Waals surface area contributed by atoms with Crippen LogP contribution >= 0.6 is 0 Å². The quantitative estimate of drug-likeness (QED) is 0.849. The summed E-state index contributed by atoms with van der Waals surface area (Å²) in [6, 6.07) is 1.73. The van der Waals surface area contributed by atoms with Crippen LogP contribution in [0.4, 0.5) is 0 Å². The van der Waals surface area contributed by atoms with E-state index in [1.807, 2.05) is 20.8 Å². The van der Waals surface area contributed by atoms with E-state index in [0.29, 0.717) is 17.2 Å². The van der Waals surface area contributed by atoms with E-state index in [0.717, 1.165) is 12.8 Å². The van der Waals surface area contributed by atoms with E-state index in [4.69, 9.17) is 9.47 Å². The average molecular weight is 278 g/mol. The minimum Gasteiger partial charge on any atom is -0.489 e. The van der Waals surface area contributed by atoms with Gasteiger partial charge in [0.15, 0.2) is 0 Å². The molecule has 1 amide bonds. The molecule has 0 atom stereocenters. The zero-order chi connectivity index (χ0) is 14.9. The molecule has 5 nitrogen and oxygen atoms in total. The van der Waals surface area contributed by atoms with E-state index < -0.39 is 5.60 Å². The van der Waals surface area contributed by atoms with Crippen molar-refractivity contribution in [3.63, 3.8) is 0 Å². The largest absolute Gasteiger partial charge is 0.489 e. The first-order valence-corrected chi connectivity index (χ1v) is 6.84. The summed E-state index contributed by atoms with van der Waals surface area (Å²) < 4.78 is 11.6. The third-order valence-electron chi connectivity index (χ3n) is 2.72. The molecular formula is C15H22N2O3. The van der Waals surface area contributed by atoms with Crippen molar-refractivity contribution in [2.45, 2.75) is 45.3 Å². The number of pyridine rings is 1. The smallest absolute Gasteiger partial charge is 0.262 e. The number of carbonyl (C=O) groups is 1. The zero-order valence-electron chi connectivity index (χ0n) is 12.8. The first-order chi connectivity index (χ1) is 9.28. The normalized spacial score (nSPS) is 14.8. The monoisotopic (exact) mass is 278 g/mol. The van der Waals surface area contributed by atoms with Gasteiger partial charge in [0, 0.05) is 20.3 Å². The Morgan fingerprint density at radius 2 is 2.00 bits per heavy atom. The maximum Gasteiger partial charge on any atom is 0.262 e. The molecule has 0 aromatic carbocycles. The van der Waals surface area contributed by atoms with Crippen LogP contribution in [0.3, 0.4) is 0 Å². The predicted molar refractivity (Wildman–Crippen MR) is 76.3 cm³/mol. The van der Waals surface area contributed by atoms with Crippen LogP contribution in [0.1, 0.15) is 44.0 Å². The summed E-state index contributed by atoms with van der Waals surface area (Å²) in [7, 11) is 3.41. The van der Waals surface area contributed by atoms with Gasteiger partial charge in [-0.15, -0.1) is 0 Å². The molecule has 1 fully saturated rings. The Bertz CT molecular complexity index is 502. The molecule has 0 bridgehead atoms. The molecule has 0 N–H and O–H groups in total. The van der Waals surface area contributed by atoms with Gasteiger partial charge in [-0.2, -0.15) is 0 Å². The summed E-state index contributed by atoms with van der Waals surface area (Å²) in [5.41, 5.74) is -0.0219. The van der Waals surface area contributed by atoms with Gasteiger partial charge in [-0.1, -0.05) is 0 Å². The molecule has 1 heterocycles. The topological polar surface area (TPSA) is 51.7 Å². The van der Waals surface area contributed by atoms with Crippen molar-refractivity contribution in [2.24, 2.45) is 0 Å². The Morgan fingerprint density at radius 1 is 1.35 bits per heavy atom. The van der Waals surface area contributed by atoms with Gasteiger partial charge in [-0.3, -0.25) is 4.79 Å². The van der Waals surface area contributed by atoms with Crippen molar-refractivity contribution in [1.82, 2.24) is 9.88 Å². The first-order valence-electron chi connectivity index (χ1n) is 6.84. The summed E-state index contributed by atoms with van der Waals surface area (Å²) in [5, 5.41) is 0.